The third-order valence-electron chi connectivity index (χ3n) is 8.00. The van der Waals surface area contributed by atoms with Gasteiger partial charge in [-0.3, -0.25) is 0 Å². The first-order valence-corrected chi connectivity index (χ1v) is 14.8. The van der Waals surface area contributed by atoms with Gasteiger partial charge >= 0.3 is 0 Å². The first-order chi connectivity index (χ1) is 38.1. The second-order valence-electron chi connectivity index (χ2n) is 10.8. The molecule has 50 heavy (non-hydrogen) atoms. The van der Waals surface area contributed by atoms with E-state index in [1.54, 1.807) is 0 Å². The molecule has 0 aliphatic carbocycles. The maximum absolute atomic E-state index is 10.00. The van der Waals surface area contributed by atoms with Crippen LogP contribution in [0.5, 0.6) is 0 Å². The molecule has 0 bridgehead atoms. The first kappa shape index (κ1) is 11.0. The van der Waals surface area contributed by atoms with E-state index >= 15 is 0 Å². The average Bonchev–Trinajstić information content (AvgIpc) is 3.62. The molecular weight excluding hydrogens is 601 g/mol. The summed E-state index contributed by atoms with van der Waals surface area (Å²) in [5.41, 5.74) is -7.60. The molecule has 0 nitrogen and oxygen atoms in total. The summed E-state index contributed by atoms with van der Waals surface area (Å²) in [4.78, 5) is 0. The van der Waals surface area contributed by atoms with Crippen LogP contribution in [0.3, 0.4) is 0 Å². The van der Waals surface area contributed by atoms with Gasteiger partial charge in [-0.1, -0.05) is 163 Å². The molecule has 0 atom stereocenters. The van der Waals surface area contributed by atoms with Gasteiger partial charge in [-0.15, -0.1) is 0 Å². The highest BCUT2D eigenvalue weighted by Gasteiger charge is 2.19. The zero-order valence-electron chi connectivity index (χ0n) is 57.0. The maximum Gasteiger partial charge on any atom is 0.0636 e. The van der Waals surface area contributed by atoms with Gasteiger partial charge < -0.3 is 0 Å². The topological polar surface area (TPSA) is 0 Å². The molecule has 10 rings (SSSR count). The molecule has 0 heteroatoms. The predicted octanol–water partition coefficient (Wildman–Crippen LogP) is 14.1. The normalized spacial score (nSPS) is 20.6. The van der Waals surface area contributed by atoms with E-state index in [9.17, 15) is 19.2 Å². The van der Waals surface area contributed by atoms with Crippen LogP contribution in [0.2, 0.25) is 0 Å². The molecule has 0 spiro atoms. The Morgan fingerprint density at radius 1 is 0.240 bits per heavy atom. The molecule has 0 fully saturated rings. The molecule has 0 saturated heterocycles. The van der Waals surface area contributed by atoms with E-state index in [0.717, 1.165) is 0 Å². The van der Waals surface area contributed by atoms with Crippen LogP contribution in [0.25, 0.3) is 98.4 Å². The number of hydrogen-bond donors (Lipinski definition) is 0. The molecule has 0 heterocycles. The van der Waals surface area contributed by atoms with E-state index in [-0.39, 0.29) is 0 Å². The van der Waals surface area contributed by atoms with Crippen LogP contribution in [-0.4, -0.2) is 0 Å². The lowest BCUT2D eigenvalue weighted by Gasteiger charge is -2.20. The molecule has 0 N–H and O–H groups in total. The Morgan fingerprint density at radius 3 is 1.32 bits per heavy atom. The van der Waals surface area contributed by atoms with E-state index < -0.39 is 292 Å². The lowest BCUT2D eigenvalue weighted by molar-refractivity contribution is 1.58. The molecule has 0 unspecified atom stereocenters. The van der Waals surface area contributed by atoms with Gasteiger partial charge in [0.05, 0.1) is 43.9 Å². The summed E-state index contributed by atoms with van der Waals surface area (Å²) in [6.07, 6.45) is 0. The lowest BCUT2D eigenvalue weighted by atomic mass is 9.83. The summed E-state index contributed by atoms with van der Waals surface area (Å²) in [5.74, 6) is 0. The Morgan fingerprint density at radius 2 is 0.720 bits per heavy atom. The minimum Gasteiger partial charge on any atom is -0.0622 e. The zero-order valence-corrected chi connectivity index (χ0v) is 25.0. The summed E-state index contributed by atoms with van der Waals surface area (Å²) in [5, 5.41) is -7.53. The van der Waals surface area contributed by atoms with Crippen molar-refractivity contribution in [1.82, 2.24) is 0 Å². The maximum atomic E-state index is 10.00. The first-order valence-electron chi connectivity index (χ1n) is 30.8. The standard InChI is InChI=1S/C50H32/c1-3-14-33(15-4-1)38-29-39(34-16-5-2-6-17-34)31-40(30-38)49-44-20-9-11-22-46(44)50(47-23-12-10-21-45(47)49)43-25-13-24-41-42(43)27-26-37-28-35-18-7-8-19-36(35)32-48(37)41/h1-32H/i1D,2D,3D,4D,5D,6D,7D,8D,9D,10D,11D,12D,13D,14D,15D,16D,17D,18D,19D,20D,21D,22D,23D,24D,25D,26D,27D,28D,29D,30D,31D,32D. The fourth-order valence-electron chi connectivity index (χ4n) is 5.91. The summed E-state index contributed by atoms with van der Waals surface area (Å²) in [6, 6.07) is -33.1. The van der Waals surface area contributed by atoms with Crippen LogP contribution in [0, 0.1) is 0 Å². The molecule has 0 aromatic heterocycles. The van der Waals surface area contributed by atoms with Crippen LogP contribution in [0.4, 0.5) is 0 Å². The Kier molecular flexibility index (Phi) is 2.55. The molecule has 0 aliphatic rings. The molecule has 0 radical (unpaired) electrons. The van der Waals surface area contributed by atoms with Crippen molar-refractivity contribution in [3.63, 3.8) is 0 Å². The van der Waals surface area contributed by atoms with Gasteiger partial charge in [-0.2, -0.15) is 0 Å². The van der Waals surface area contributed by atoms with Gasteiger partial charge in [-0.25, -0.2) is 0 Å². The van der Waals surface area contributed by atoms with Crippen molar-refractivity contribution in [3.8, 4) is 44.5 Å². The second-order valence-corrected chi connectivity index (χ2v) is 10.8. The smallest absolute Gasteiger partial charge is 0.0622 e. The summed E-state index contributed by atoms with van der Waals surface area (Å²) in [6.45, 7) is 0. The van der Waals surface area contributed by atoms with Gasteiger partial charge in [0.25, 0.3) is 0 Å². The fraction of sp³-hybridized carbons (Fsp3) is 0. The van der Waals surface area contributed by atoms with E-state index in [4.69, 9.17) is 24.7 Å². The third-order valence-corrected chi connectivity index (χ3v) is 8.00. The highest BCUT2D eigenvalue weighted by Crippen LogP contribution is 2.47. The minimum absolute atomic E-state index is 0.560. The van der Waals surface area contributed by atoms with Crippen LogP contribution < -0.4 is 0 Å². The van der Waals surface area contributed by atoms with Gasteiger partial charge in [0.2, 0.25) is 0 Å². The number of rotatable bonds is 4. The SMILES string of the molecule is [2H]c1c([2H])c([2H])c(-c2c([2H])c(-c3c([2H])c([2H])c([2H])c([2H])c3[2H])c([2H])c(-c3c4c([2H])c([2H])c([2H])c([2H])c4c(-c4c([2H])c([2H])c([2H])c5c4c([2H])c([2H])c4c([2H])c6c([2H])c([2H])c([2H])c([2H])c6c([2H])c45)c4c([2H])c([2H])c([2H])c([2H])c34)c2[2H])c([2H])c1[2H]. The van der Waals surface area contributed by atoms with E-state index in [1.165, 1.54) is 0 Å². The fourth-order valence-corrected chi connectivity index (χ4v) is 5.91. The number of fused-ring (bicyclic) bond motifs is 6. The number of benzene rings is 10. The van der Waals surface area contributed by atoms with Crippen molar-refractivity contribution in [2.45, 2.75) is 0 Å². The van der Waals surface area contributed by atoms with E-state index in [0.29, 0.717) is 0 Å². The molecule has 232 valence electrons. The Hall–Kier alpha value is -6.50. The van der Waals surface area contributed by atoms with E-state index in [1.807, 2.05) is 0 Å². The highest BCUT2D eigenvalue weighted by molar-refractivity contribution is 6.25. The predicted molar refractivity (Wildman–Crippen MR) is 216 cm³/mol. The molecular formula is C50H32. The van der Waals surface area contributed by atoms with Crippen molar-refractivity contribution in [2.75, 3.05) is 0 Å². The second kappa shape index (κ2) is 11.6. The van der Waals surface area contributed by atoms with Gasteiger partial charge in [0.15, 0.2) is 0 Å². The lowest BCUT2D eigenvalue weighted by Crippen LogP contribution is -1.93. The average molecular weight is 665 g/mol. The molecule has 10 aromatic carbocycles. The molecule has 0 amide bonds. The van der Waals surface area contributed by atoms with Crippen LogP contribution >= 0.6 is 0 Å². The Bertz CT molecular complexity index is 4520. The summed E-state index contributed by atoms with van der Waals surface area (Å²) >= 11 is 0. The molecule has 0 aliphatic heterocycles. The summed E-state index contributed by atoms with van der Waals surface area (Å²) in [7, 11) is 0. The minimum atomic E-state index is -1.21. The van der Waals surface area contributed by atoms with Crippen LogP contribution in [-0.2, 0) is 0 Å². The van der Waals surface area contributed by atoms with Crippen LogP contribution in [0.15, 0.2) is 193 Å². The van der Waals surface area contributed by atoms with Crippen molar-refractivity contribution in [2.24, 2.45) is 0 Å². The van der Waals surface area contributed by atoms with Crippen molar-refractivity contribution in [3.05, 3.63) is 193 Å². The highest BCUT2D eigenvalue weighted by atomic mass is 14.2. The third kappa shape index (κ3) is 4.61. The van der Waals surface area contributed by atoms with E-state index in [2.05, 4.69) is 0 Å². The Labute approximate surface area is 336 Å². The van der Waals surface area contributed by atoms with Gasteiger partial charge in [-0.05, 0) is 129 Å². The largest absolute Gasteiger partial charge is 0.0636 e. The molecule has 0 saturated carbocycles. The zero-order chi connectivity index (χ0) is 60.9. The van der Waals surface area contributed by atoms with Crippen molar-refractivity contribution in [1.29, 1.82) is 0 Å². The van der Waals surface area contributed by atoms with Gasteiger partial charge in [0, 0.05) is 0 Å². The Balaban J connectivity index is 1.58. The van der Waals surface area contributed by atoms with Gasteiger partial charge in [0.1, 0.15) is 0 Å². The quantitative estimate of drug-likeness (QED) is 0.130. The van der Waals surface area contributed by atoms with Crippen molar-refractivity contribution >= 4 is 53.9 Å². The number of hydrogen-bond acceptors (Lipinski definition) is 0. The van der Waals surface area contributed by atoms with Crippen molar-refractivity contribution < 1.29 is 43.9 Å². The monoisotopic (exact) mass is 664 g/mol. The summed E-state index contributed by atoms with van der Waals surface area (Å²) < 4.78 is 292. The van der Waals surface area contributed by atoms with Crippen LogP contribution in [0.1, 0.15) is 43.9 Å². The molecule has 10 aromatic rings.